The second kappa shape index (κ2) is 9.52. The van der Waals surface area contributed by atoms with Gasteiger partial charge < -0.3 is 14.6 Å². The van der Waals surface area contributed by atoms with Crippen molar-refractivity contribution in [3.05, 3.63) is 0 Å². The summed E-state index contributed by atoms with van der Waals surface area (Å²) in [5.41, 5.74) is 8.39. The van der Waals surface area contributed by atoms with Crippen molar-refractivity contribution >= 4 is 17.9 Å². The van der Waals surface area contributed by atoms with Crippen molar-refractivity contribution in [3.63, 3.8) is 0 Å². The smallest absolute Gasteiger partial charge is 0.338 e. The van der Waals surface area contributed by atoms with E-state index >= 15 is 0 Å². The third kappa shape index (κ3) is 12.8. The highest BCUT2D eigenvalue weighted by Crippen LogP contribution is 2.06. The van der Waals surface area contributed by atoms with Gasteiger partial charge in [0, 0.05) is 0 Å². The summed E-state index contributed by atoms with van der Waals surface area (Å²) in [6.07, 6.45) is -1.28. The number of hydrogen-bond donors (Lipinski definition) is 5. The summed E-state index contributed by atoms with van der Waals surface area (Å²) in [6.45, 7) is 9.88. The van der Waals surface area contributed by atoms with Gasteiger partial charge in [0.05, 0.1) is 0 Å². The summed E-state index contributed by atoms with van der Waals surface area (Å²) in [4.78, 5) is 34.0. The predicted molar refractivity (Wildman–Crippen MR) is 85.4 cm³/mol. The molecule has 0 atom stereocenters. The first-order valence-electron chi connectivity index (χ1n) is 7.43. The first-order valence-corrected chi connectivity index (χ1v) is 7.43. The van der Waals surface area contributed by atoms with Gasteiger partial charge in [0.2, 0.25) is 0 Å². The average Bonchev–Trinajstić information content (AvgIpc) is 2.32. The Morgan fingerprint density at radius 3 is 1.42 bits per heavy atom. The molecule has 0 aromatic rings. The Bertz CT molecular complexity index is 408. The van der Waals surface area contributed by atoms with E-state index in [-0.39, 0.29) is 13.1 Å². The Hall–Kier alpha value is -1.75. The van der Waals surface area contributed by atoms with Crippen LogP contribution in [0.4, 0.5) is 0 Å². The Kier molecular flexibility index (Phi) is 8.83. The van der Waals surface area contributed by atoms with Crippen LogP contribution in [0, 0.1) is 0 Å². The van der Waals surface area contributed by atoms with E-state index in [9.17, 15) is 14.4 Å². The van der Waals surface area contributed by atoms with Crippen LogP contribution in [0.1, 0.15) is 41.5 Å². The number of rotatable bonds is 9. The standard InChI is InChI=1S/C14H28N4O6/c1-13(2,3)23-9(19)7-15-17-11(12(21)22)18-16-8-10(20)24-14(4,5)6/h11,15-18H,7-8H2,1-6H3,(H,21,22). The molecular formula is C14H28N4O6. The molecular weight excluding hydrogens is 320 g/mol. The van der Waals surface area contributed by atoms with Crippen LogP contribution in [-0.2, 0) is 23.9 Å². The molecule has 10 heteroatoms. The van der Waals surface area contributed by atoms with E-state index in [0.29, 0.717) is 0 Å². The van der Waals surface area contributed by atoms with Gasteiger partial charge in [-0.3, -0.25) is 9.59 Å². The number of nitrogens with one attached hydrogen (secondary N) is 4. The molecule has 10 nitrogen and oxygen atoms in total. The summed E-state index contributed by atoms with van der Waals surface area (Å²) in [7, 11) is 0. The molecule has 5 N–H and O–H groups in total. The summed E-state index contributed by atoms with van der Waals surface area (Å²) in [5.74, 6) is -2.33. The molecule has 0 aliphatic carbocycles. The van der Waals surface area contributed by atoms with Crippen LogP contribution in [0.15, 0.2) is 0 Å². The molecule has 0 aliphatic heterocycles. The fourth-order valence-corrected chi connectivity index (χ4v) is 1.37. The lowest BCUT2D eigenvalue weighted by Crippen LogP contribution is -2.59. The van der Waals surface area contributed by atoms with Crippen molar-refractivity contribution in [1.29, 1.82) is 0 Å². The Morgan fingerprint density at radius 2 is 1.17 bits per heavy atom. The molecule has 0 fully saturated rings. The van der Waals surface area contributed by atoms with Gasteiger partial charge in [0.1, 0.15) is 24.3 Å². The Balaban J connectivity index is 4.13. The molecule has 0 rings (SSSR count). The molecule has 0 amide bonds. The zero-order valence-electron chi connectivity index (χ0n) is 15.0. The number of aliphatic carboxylic acids is 1. The molecule has 0 bridgehead atoms. The first kappa shape index (κ1) is 22.2. The molecule has 0 aromatic carbocycles. The quantitative estimate of drug-likeness (QED) is 0.206. The van der Waals surface area contributed by atoms with Crippen molar-refractivity contribution in [2.45, 2.75) is 58.9 Å². The number of ether oxygens (including phenoxy) is 2. The monoisotopic (exact) mass is 348 g/mol. The van der Waals surface area contributed by atoms with Gasteiger partial charge in [-0.15, -0.1) is 0 Å². The van der Waals surface area contributed by atoms with Gasteiger partial charge in [0.15, 0.2) is 6.17 Å². The maximum Gasteiger partial charge on any atom is 0.338 e. The highest BCUT2D eigenvalue weighted by Gasteiger charge is 2.20. The van der Waals surface area contributed by atoms with Gasteiger partial charge in [-0.25, -0.2) is 26.5 Å². The fourth-order valence-electron chi connectivity index (χ4n) is 1.37. The number of carbonyl (C=O) groups is 3. The lowest BCUT2D eigenvalue weighted by molar-refractivity contribution is -0.154. The summed E-state index contributed by atoms with van der Waals surface area (Å²) in [5, 5.41) is 9.04. The third-order valence-electron chi connectivity index (χ3n) is 2.05. The number of hydrazine groups is 2. The van der Waals surface area contributed by atoms with Crippen LogP contribution < -0.4 is 21.7 Å². The lowest BCUT2D eigenvalue weighted by Gasteiger charge is -2.22. The zero-order chi connectivity index (χ0) is 19.0. The van der Waals surface area contributed by atoms with Gasteiger partial charge in [0.25, 0.3) is 0 Å². The maximum absolute atomic E-state index is 11.5. The molecule has 0 saturated heterocycles. The van der Waals surface area contributed by atoms with E-state index in [1.807, 2.05) is 0 Å². The van der Waals surface area contributed by atoms with Gasteiger partial charge >= 0.3 is 17.9 Å². The molecule has 0 aliphatic rings. The van der Waals surface area contributed by atoms with E-state index in [1.54, 1.807) is 41.5 Å². The molecule has 0 heterocycles. The molecule has 140 valence electrons. The van der Waals surface area contributed by atoms with Crippen LogP contribution in [0.3, 0.4) is 0 Å². The topological polar surface area (TPSA) is 138 Å². The SMILES string of the molecule is CC(C)(C)OC(=O)CNNC(NNCC(=O)OC(C)(C)C)C(=O)O. The third-order valence-corrected chi connectivity index (χ3v) is 2.05. The van der Waals surface area contributed by atoms with Crippen LogP contribution in [-0.4, -0.2) is 53.5 Å². The van der Waals surface area contributed by atoms with Crippen molar-refractivity contribution in [2.75, 3.05) is 13.1 Å². The second-order valence-electron chi connectivity index (χ2n) is 6.94. The summed E-state index contributed by atoms with van der Waals surface area (Å²) < 4.78 is 10.1. The van der Waals surface area contributed by atoms with E-state index in [1.165, 1.54) is 0 Å². The Labute approximate surface area is 141 Å². The Morgan fingerprint density at radius 1 is 0.833 bits per heavy atom. The molecule has 24 heavy (non-hydrogen) atoms. The van der Waals surface area contributed by atoms with Gasteiger partial charge in [-0.05, 0) is 41.5 Å². The van der Waals surface area contributed by atoms with Crippen molar-refractivity contribution in [3.8, 4) is 0 Å². The number of carboxylic acids is 1. The zero-order valence-corrected chi connectivity index (χ0v) is 15.0. The van der Waals surface area contributed by atoms with Gasteiger partial charge in [-0.2, -0.15) is 0 Å². The number of hydrogen-bond acceptors (Lipinski definition) is 9. The van der Waals surface area contributed by atoms with E-state index < -0.39 is 35.3 Å². The fraction of sp³-hybridized carbons (Fsp3) is 0.786. The van der Waals surface area contributed by atoms with Gasteiger partial charge in [-0.1, -0.05) is 0 Å². The predicted octanol–water partition coefficient (Wildman–Crippen LogP) is -0.731. The summed E-state index contributed by atoms with van der Waals surface area (Å²) in [6, 6.07) is 0. The highest BCUT2D eigenvalue weighted by molar-refractivity contribution is 5.74. The molecule has 0 aromatic heterocycles. The van der Waals surface area contributed by atoms with E-state index in [4.69, 9.17) is 14.6 Å². The molecule has 0 spiro atoms. The maximum atomic E-state index is 11.5. The van der Waals surface area contributed by atoms with Crippen LogP contribution in [0.5, 0.6) is 0 Å². The van der Waals surface area contributed by atoms with E-state index in [2.05, 4.69) is 21.7 Å². The summed E-state index contributed by atoms with van der Waals surface area (Å²) >= 11 is 0. The van der Waals surface area contributed by atoms with Crippen LogP contribution in [0.2, 0.25) is 0 Å². The van der Waals surface area contributed by atoms with E-state index in [0.717, 1.165) is 0 Å². The normalized spacial score (nSPS) is 12.1. The highest BCUT2D eigenvalue weighted by atomic mass is 16.6. The first-order chi connectivity index (χ1) is 10.8. The average molecular weight is 348 g/mol. The lowest BCUT2D eigenvalue weighted by atomic mass is 10.2. The number of carbonyl (C=O) groups excluding carboxylic acids is 2. The number of esters is 2. The largest absolute Gasteiger partial charge is 0.479 e. The molecule has 0 unspecified atom stereocenters. The van der Waals surface area contributed by atoms with Crippen molar-refractivity contribution in [1.82, 2.24) is 21.7 Å². The minimum atomic E-state index is -1.28. The molecule has 0 saturated carbocycles. The molecule has 0 radical (unpaired) electrons. The van der Waals surface area contributed by atoms with Crippen molar-refractivity contribution < 1.29 is 29.0 Å². The number of carboxylic acid groups (broad SMARTS) is 1. The van der Waals surface area contributed by atoms with Crippen molar-refractivity contribution in [2.24, 2.45) is 0 Å². The second-order valence-corrected chi connectivity index (χ2v) is 6.94. The van der Waals surface area contributed by atoms with Crippen LogP contribution >= 0.6 is 0 Å². The minimum absolute atomic E-state index is 0.227. The minimum Gasteiger partial charge on any atom is -0.479 e. The van der Waals surface area contributed by atoms with Crippen LogP contribution in [0.25, 0.3) is 0 Å².